The Kier molecular flexibility index (Phi) is 8.45. The van der Waals surface area contributed by atoms with Crippen LogP contribution in [0.1, 0.15) is 11.1 Å². The van der Waals surface area contributed by atoms with Crippen molar-refractivity contribution in [3.8, 4) is 23.0 Å². The lowest BCUT2D eigenvalue weighted by Gasteiger charge is -2.11. The second kappa shape index (κ2) is 11.9. The summed E-state index contributed by atoms with van der Waals surface area (Å²) in [6.45, 7) is 1.16. The van der Waals surface area contributed by atoms with Gasteiger partial charge in [-0.1, -0.05) is 6.07 Å². The van der Waals surface area contributed by atoms with Crippen LogP contribution < -0.4 is 19.6 Å². The number of nitro benzene ring substituents is 3. The second-order valence-corrected chi connectivity index (χ2v) is 7.49. The fourth-order valence-corrected chi connectivity index (χ4v) is 3.06. The first kappa shape index (κ1) is 27.0. The van der Waals surface area contributed by atoms with E-state index < -0.39 is 38.7 Å². The molecule has 0 spiro atoms. The summed E-state index contributed by atoms with van der Waals surface area (Å²) in [4.78, 5) is 43.2. The number of nitrogens with zero attached hydrogens (tertiary/aromatic N) is 4. The Hall–Kier alpha value is -5.60. The Morgan fingerprint density at radius 2 is 1.53 bits per heavy atom. The lowest BCUT2D eigenvalue weighted by Crippen LogP contribution is -2.24. The van der Waals surface area contributed by atoms with Gasteiger partial charge in [0.2, 0.25) is 5.75 Å². The monoisotopic (exact) mass is 525 g/mol. The zero-order valence-corrected chi connectivity index (χ0v) is 19.9. The largest absolute Gasteiger partial charge is 0.493 e. The van der Waals surface area contributed by atoms with Crippen molar-refractivity contribution in [1.29, 1.82) is 0 Å². The van der Waals surface area contributed by atoms with E-state index in [2.05, 4.69) is 10.5 Å². The Labute approximate surface area is 213 Å². The van der Waals surface area contributed by atoms with Crippen LogP contribution in [0.4, 0.5) is 17.1 Å². The van der Waals surface area contributed by atoms with Crippen molar-refractivity contribution >= 4 is 29.2 Å². The van der Waals surface area contributed by atoms with Crippen LogP contribution >= 0.6 is 0 Å². The molecule has 0 saturated heterocycles. The molecule has 1 N–H and O–H groups in total. The SMILES string of the molecule is COc1cc(/C=N\NC(=O)COc2ccc(C)cc2[N+](=O)[O-])ccc1Oc1ccc([N+](=O)[O-])cc1[N+](=O)[O-]. The molecule has 0 aromatic heterocycles. The summed E-state index contributed by atoms with van der Waals surface area (Å²) in [5.74, 6) is -0.732. The molecule has 0 heterocycles. The molecule has 3 aromatic carbocycles. The van der Waals surface area contributed by atoms with Crippen molar-refractivity contribution in [3.05, 3.63) is 96.1 Å². The van der Waals surface area contributed by atoms with E-state index in [1.165, 1.54) is 43.7 Å². The molecule has 3 aromatic rings. The van der Waals surface area contributed by atoms with E-state index in [1.54, 1.807) is 13.0 Å². The van der Waals surface area contributed by atoms with E-state index in [0.29, 0.717) is 11.1 Å². The molecule has 15 nitrogen and oxygen atoms in total. The summed E-state index contributed by atoms with van der Waals surface area (Å²) in [6.07, 6.45) is 1.27. The fraction of sp³-hybridized carbons (Fsp3) is 0.130. The summed E-state index contributed by atoms with van der Waals surface area (Å²) in [6, 6.07) is 11.7. The summed E-state index contributed by atoms with van der Waals surface area (Å²) in [7, 11) is 1.33. The summed E-state index contributed by atoms with van der Waals surface area (Å²) in [5, 5.41) is 37.2. The molecule has 0 aliphatic carbocycles. The average Bonchev–Trinajstić information content (AvgIpc) is 2.88. The van der Waals surface area contributed by atoms with Gasteiger partial charge in [-0.05, 0) is 48.4 Å². The van der Waals surface area contributed by atoms with Gasteiger partial charge in [0.1, 0.15) is 0 Å². The van der Waals surface area contributed by atoms with Crippen LogP contribution in [0.5, 0.6) is 23.0 Å². The summed E-state index contributed by atoms with van der Waals surface area (Å²) >= 11 is 0. The lowest BCUT2D eigenvalue weighted by atomic mass is 10.2. The van der Waals surface area contributed by atoms with Crippen LogP contribution in [0.15, 0.2) is 59.7 Å². The molecule has 3 rings (SSSR count). The molecule has 0 unspecified atom stereocenters. The summed E-state index contributed by atoms with van der Waals surface area (Å²) in [5.41, 5.74) is 1.99. The van der Waals surface area contributed by atoms with Crippen molar-refractivity contribution in [2.24, 2.45) is 5.10 Å². The van der Waals surface area contributed by atoms with E-state index in [9.17, 15) is 35.1 Å². The van der Waals surface area contributed by atoms with Crippen LogP contribution in [0.3, 0.4) is 0 Å². The van der Waals surface area contributed by atoms with Gasteiger partial charge in [0.05, 0.1) is 34.2 Å². The Morgan fingerprint density at radius 1 is 0.868 bits per heavy atom. The molecule has 15 heteroatoms. The molecule has 0 aliphatic rings. The smallest absolute Gasteiger partial charge is 0.318 e. The number of carbonyl (C=O) groups excluding carboxylic acids is 1. The van der Waals surface area contributed by atoms with Gasteiger partial charge in [-0.25, -0.2) is 5.43 Å². The number of non-ortho nitro benzene ring substituents is 1. The Morgan fingerprint density at radius 3 is 2.18 bits per heavy atom. The third-order valence-corrected chi connectivity index (χ3v) is 4.83. The van der Waals surface area contributed by atoms with Gasteiger partial charge in [-0.3, -0.25) is 35.1 Å². The second-order valence-electron chi connectivity index (χ2n) is 7.49. The predicted octanol–water partition coefficient (Wildman–Crippen LogP) is 4.05. The molecule has 0 radical (unpaired) electrons. The zero-order valence-electron chi connectivity index (χ0n) is 19.9. The number of amides is 1. The number of carbonyl (C=O) groups is 1. The highest BCUT2D eigenvalue weighted by molar-refractivity contribution is 5.83. The third kappa shape index (κ3) is 6.75. The van der Waals surface area contributed by atoms with Crippen LogP contribution in [-0.4, -0.2) is 40.6 Å². The van der Waals surface area contributed by atoms with Crippen LogP contribution in [0, 0.1) is 37.3 Å². The van der Waals surface area contributed by atoms with Crippen molar-refractivity contribution in [3.63, 3.8) is 0 Å². The number of hydrogen-bond donors (Lipinski definition) is 1. The minimum atomic E-state index is -0.806. The van der Waals surface area contributed by atoms with Gasteiger partial charge < -0.3 is 14.2 Å². The van der Waals surface area contributed by atoms with Gasteiger partial charge in [0, 0.05) is 12.1 Å². The van der Waals surface area contributed by atoms with Gasteiger partial charge >= 0.3 is 11.4 Å². The molecular formula is C23H19N5O10. The lowest BCUT2D eigenvalue weighted by molar-refractivity contribution is -0.394. The van der Waals surface area contributed by atoms with E-state index in [1.807, 2.05) is 0 Å². The van der Waals surface area contributed by atoms with Crippen LogP contribution in [0.25, 0.3) is 0 Å². The number of aryl methyl sites for hydroxylation is 1. The van der Waals surface area contributed by atoms with Crippen LogP contribution in [0.2, 0.25) is 0 Å². The normalized spacial score (nSPS) is 10.6. The molecule has 0 aliphatic heterocycles. The minimum Gasteiger partial charge on any atom is -0.493 e. The van der Waals surface area contributed by atoms with Gasteiger partial charge in [-0.15, -0.1) is 0 Å². The third-order valence-electron chi connectivity index (χ3n) is 4.83. The minimum absolute atomic E-state index is 0.0617. The molecule has 1 amide bonds. The number of hydrazone groups is 1. The number of methoxy groups -OCH3 is 1. The van der Waals surface area contributed by atoms with Gasteiger partial charge in [0.25, 0.3) is 11.6 Å². The maximum atomic E-state index is 12.0. The number of nitrogens with one attached hydrogen (secondary N) is 1. The first-order valence-electron chi connectivity index (χ1n) is 10.6. The number of rotatable bonds is 11. The predicted molar refractivity (Wildman–Crippen MR) is 132 cm³/mol. The summed E-state index contributed by atoms with van der Waals surface area (Å²) < 4.78 is 16.0. The highest BCUT2D eigenvalue weighted by atomic mass is 16.6. The Bertz CT molecular complexity index is 1440. The first-order valence-corrected chi connectivity index (χ1v) is 10.6. The van der Waals surface area contributed by atoms with E-state index in [0.717, 1.165) is 18.2 Å². The van der Waals surface area contributed by atoms with Gasteiger partial charge in [0.15, 0.2) is 23.9 Å². The molecule has 0 atom stereocenters. The van der Waals surface area contributed by atoms with Crippen molar-refractivity contribution in [2.75, 3.05) is 13.7 Å². The average molecular weight is 525 g/mol. The quantitative estimate of drug-likeness (QED) is 0.216. The fourth-order valence-electron chi connectivity index (χ4n) is 3.06. The molecule has 38 heavy (non-hydrogen) atoms. The van der Waals surface area contributed by atoms with E-state index in [4.69, 9.17) is 14.2 Å². The molecular weight excluding hydrogens is 506 g/mol. The van der Waals surface area contributed by atoms with Crippen molar-refractivity contribution in [2.45, 2.75) is 6.92 Å². The number of nitro groups is 3. The first-order chi connectivity index (χ1) is 18.1. The topological polar surface area (TPSA) is 199 Å². The molecule has 0 bridgehead atoms. The van der Waals surface area contributed by atoms with Crippen molar-refractivity contribution in [1.82, 2.24) is 5.43 Å². The molecule has 0 saturated carbocycles. The number of hydrogen-bond acceptors (Lipinski definition) is 11. The van der Waals surface area contributed by atoms with E-state index in [-0.39, 0.29) is 28.7 Å². The highest BCUT2D eigenvalue weighted by Gasteiger charge is 2.22. The Balaban J connectivity index is 1.66. The maximum Gasteiger partial charge on any atom is 0.318 e. The van der Waals surface area contributed by atoms with Crippen LogP contribution in [-0.2, 0) is 4.79 Å². The molecule has 196 valence electrons. The number of ether oxygens (including phenoxy) is 3. The molecule has 0 fully saturated rings. The van der Waals surface area contributed by atoms with Gasteiger partial charge in [-0.2, -0.15) is 5.10 Å². The maximum absolute atomic E-state index is 12.0. The van der Waals surface area contributed by atoms with Crippen molar-refractivity contribution < 1.29 is 33.8 Å². The number of benzene rings is 3. The van der Waals surface area contributed by atoms with E-state index >= 15 is 0 Å². The highest BCUT2D eigenvalue weighted by Crippen LogP contribution is 2.38. The standard InChI is InChI=1S/C23H19N5O10/c1-14-3-6-19(17(9-14)27(32)33)37-13-23(29)25-24-12-15-4-7-21(22(10-15)36-2)38-20-8-5-16(26(30)31)11-18(20)28(34)35/h3-12H,13H2,1-2H3,(H,25,29)/b24-12-. The zero-order chi connectivity index (χ0) is 27.8.